The Hall–Kier alpha value is -2.65. The molecule has 10 heteroatoms. The number of aromatic nitrogens is 4. The number of halogens is 3. The molecule has 1 fully saturated rings. The van der Waals surface area contributed by atoms with Crippen LogP contribution in [-0.2, 0) is 6.18 Å². The highest BCUT2D eigenvalue weighted by Crippen LogP contribution is 2.28. The maximum absolute atomic E-state index is 12.8. The minimum absolute atomic E-state index is 0.0312. The molecule has 3 heterocycles. The van der Waals surface area contributed by atoms with E-state index in [0.29, 0.717) is 12.4 Å². The molecule has 0 radical (unpaired) electrons. The molecule has 152 valence electrons. The average Bonchev–Trinajstić information content (AvgIpc) is 2.66. The molecule has 1 unspecified atom stereocenters. The average molecular weight is 396 g/mol. The first-order chi connectivity index (χ1) is 13.3. The normalized spacial score (nSPS) is 17.8. The Morgan fingerprint density at radius 3 is 2.75 bits per heavy atom. The van der Waals surface area contributed by atoms with Crippen LogP contribution in [0.3, 0.4) is 0 Å². The summed E-state index contributed by atoms with van der Waals surface area (Å²) in [7, 11) is 0. The lowest BCUT2D eigenvalue weighted by molar-refractivity contribution is -0.141. The van der Waals surface area contributed by atoms with Crippen molar-refractivity contribution in [1.82, 2.24) is 19.7 Å². The maximum atomic E-state index is 12.8. The smallest absolute Gasteiger partial charge is 0.368 e. The van der Waals surface area contributed by atoms with Crippen molar-refractivity contribution in [2.75, 3.05) is 23.3 Å². The van der Waals surface area contributed by atoms with Gasteiger partial charge in [0.2, 0.25) is 0 Å². The number of nitrogens with zero attached hydrogens (tertiary/aromatic N) is 5. The Morgan fingerprint density at radius 1 is 1.25 bits per heavy atom. The number of rotatable bonds is 5. The molecule has 2 aromatic rings. The summed E-state index contributed by atoms with van der Waals surface area (Å²) in [5.41, 5.74) is -1.14. The van der Waals surface area contributed by atoms with Crippen LogP contribution in [-0.4, -0.2) is 38.9 Å². The minimum atomic E-state index is -4.51. The number of piperidine rings is 1. The lowest BCUT2D eigenvalue weighted by atomic mass is 10.0. The molecule has 0 spiro atoms. The monoisotopic (exact) mass is 396 g/mol. The summed E-state index contributed by atoms with van der Waals surface area (Å²) in [5.74, 6) is 0.825. The number of nitrogens with one attached hydrogen (secondary N) is 1. The third-order valence-corrected chi connectivity index (χ3v) is 4.70. The van der Waals surface area contributed by atoms with E-state index in [4.69, 9.17) is 0 Å². The van der Waals surface area contributed by atoms with Gasteiger partial charge >= 0.3 is 6.18 Å². The van der Waals surface area contributed by atoms with Crippen molar-refractivity contribution in [2.45, 2.75) is 51.4 Å². The van der Waals surface area contributed by atoms with E-state index in [1.54, 1.807) is 6.07 Å². The largest absolute Gasteiger partial charge is 0.433 e. The third-order valence-electron chi connectivity index (χ3n) is 4.70. The van der Waals surface area contributed by atoms with Crippen LogP contribution in [0.2, 0.25) is 0 Å². The molecular formula is C18H23F3N6O. The molecule has 0 bridgehead atoms. The minimum Gasteiger partial charge on any atom is -0.368 e. The van der Waals surface area contributed by atoms with Crippen LogP contribution in [0.5, 0.6) is 0 Å². The van der Waals surface area contributed by atoms with Gasteiger partial charge in [-0.2, -0.15) is 18.3 Å². The Balaban J connectivity index is 1.76. The van der Waals surface area contributed by atoms with Gasteiger partial charge in [-0.25, -0.2) is 14.6 Å². The molecule has 0 aromatic carbocycles. The van der Waals surface area contributed by atoms with Gasteiger partial charge in [0.1, 0.15) is 23.7 Å². The Bertz CT molecular complexity index is 867. The molecule has 7 nitrogen and oxygen atoms in total. The molecule has 3 rings (SSSR count). The molecule has 0 amide bonds. The Labute approximate surface area is 160 Å². The van der Waals surface area contributed by atoms with Gasteiger partial charge in [-0.15, -0.1) is 0 Å². The number of hydrogen-bond acceptors (Lipinski definition) is 6. The van der Waals surface area contributed by atoms with E-state index in [0.717, 1.165) is 38.2 Å². The predicted octanol–water partition coefficient (Wildman–Crippen LogP) is 3.10. The fourth-order valence-corrected chi connectivity index (χ4v) is 3.28. The maximum Gasteiger partial charge on any atom is 0.433 e. The van der Waals surface area contributed by atoms with Crippen molar-refractivity contribution < 1.29 is 13.2 Å². The molecule has 0 saturated carbocycles. The van der Waals surface area contributed by atoms with Crippen molar-refractivity contribution in [2.24, 2.45) is 0 Å². The van der Waals surface area contributed by atoms with Crippen LogP contribution in [0.25, 0.3) is 0 Å². The zero-order valence-corrected chi connectivity index (χ0v) is 15.8. The zero-order chi connectivity index (χ0) is 20.3. The van der Waals surface area contributed by atoms with Crippen molar-refractivity contribution in [3.8, 4) is 0 Å². The van der Waals surface area contributed by atoms with Gasteiger partial charge in [0.25, 0.3) is 5.56 Å². The van der Waals surface area contributed by atoms with E-state index >= 15 is 0 Å². The predicted molar refractivity (Wildman–Crippen MR) is 99.4 cm³/mol. The van der Waals surface area contributed by atoms with E-state index in [1.165, 1.54) is 10.7 Å². The molecule has 1 N–H and O–H groups in total. The molecule has 0 aliphatic carbocycles. The van der Waals surface area contributed by atoms with E-state index in [1.807, 2.05) is 13.8 Å². The van der Waals surface area contributed by atoms with Crippen molar-refractivity contribution in [3.05, 3.63) is 40.6 Å². The number of anilines is 2. The topological polar surface area (TPSA) is 75.9 Å². The van der Waals surface area contributed by atoms with E-state index in [-0.39, 0.29) is 23.5 Å². The molecule has 1 saturated heterocycles. The first kappa shape index (κ1) is 20.1. The van der Waals surface area contributed by atoms with Gasteiger partial charge in [-0.1, -0.05) is 0 Å². The highest BCUT2D eigenvalue weighted by molar-refractivity contribution is 5.41. The number of hydrogen-bond donors (Lipinski definition) is 1. The van der Waals surface area contributed by atoms with Crippen LogP contribution in [0, 0.1) is 0 Å². The summed E-state index contributed by atoms with van der Waals surface area (Å²) in [6.07, 6.45) is -0.726. The summed E-state index contributed by atoms with van der Waals surface area (Å²) < 4.78 is 39.9. The van der Waals surface area contributed by atoms with Crippen LogP contribution in [0.4, 0.5) is 24.8 Å². The second-order valence-corrected chi connectivity index (χ2v) is 7.08. The highest BCUT2D eigenvalue weighted by atomic mass is 19.4. The second kappa shape index (κ2) is 8.15. The summed E-state index contributed by atoms with van der Waals surface area (Å²) in [4.78, 5) is 21.2. The quantitative estimate of drug-likeness (QED) is 0.837. The van der Waals surface area contributed by atoms with E-state index < -0.39 is 11.9 Å². The van der Waals surface area contributed by atoms with Gasteiger partial charge in [0.15, 0.2) is 0 Å². The molecular weight excluding hydrogens is 373 g/mol. The van der Waals surface area contributed by atoms with E-state index in [2.05, 4.69) is 25.3 Å². The highest BCUT2D eigenvalue weighted by Gasteiger charge is 2.33. The Kier molecular flexibility index (Phi) is 5.85. The lowest BCUT2D eigenvalue weighted by Crippen LogP contribution is -2.45. The summed E-state index contributed by atoms with van der Waals surface area (Å²) >= 11 is 0. The third kappa shape index (κ3) is 4.60. The van der Waals surface area contributed by atoms with Crippen LogP contribution < -0.4 is 15.8 Å². The van der Waals surface area contributed by atoms with Gasteiger partial charge < -0.3 is 10.2 Å². The zero-order valence-electron chi connectivity index (χ0n) is 15.8. The van der Waals surface area contributed by atoms with E-state index in [9.17, 15) is 18.0 Å². The van der Waals surface area contributed by atoms with Gasteiger partial charge in [-0.3, -0.25) is 4.79 Å². The first-order valence-electron chi connectivity index (χ1n) is 9.25. The summed E-state index contributed by atoms with van der Waals surface area (Å²) in [6, 6.07) is 4.08. The van der Waals surface area contributed by atoms with Gasteiger partial charge in [0.05, 0.1) is 6.04 Å². The van der Waals surface area contributed by atoms with Crippen LogP contribution in [0.15, 0.2) is 29.3 Å². The molecule has 28 heavy (non-hydrogen) atoms. The molecule has 2 aromatic heterocycles. The molecule has 1 aliphatic rings. The SMILES string of the molecule is CC(C)n1nc(N2CCCCC2CNc2cc(C(F)(F)F)ncn2)ccc1=O. The van der Waals surface area contributed by atoms with Gasteiger partial charge in [0, 0.05) is 31.3 Å². The fraction of sp³-hybridized carbons (Fsp3) is 0.556. The standard InChI is InChI=1S/C18H23F3N6O/c1-12(2)27-17(28)7-6-16(25-27)26-8-4-3-5-13(26)10-22-15-9-14(18(19,20)21)23-11-24-15/h6-7,9,11-13H,3-5,8,10H2,1-2H3,(H,22,23,24). The summed E-state index contributed by atoms with van der Waals surface area (Å²) in [6.45, 7) is 4.96. The lowest BCUT2D eigenvalue weighted by Gasteiger charge is -2.37. The van der Waals surface area contributed by atoms with Crippen molar-refractivity contribution in [1.29, 1.82) is 0 Å². The van der Waals surface area contributed by atoms with Crippen LogP contribution >= 0.6 is 0 Å². The first-order valence-corrected chi connectivity index (χ1v) is 9.25. The van der Waals surface area contributed by atoms with Gasteiger partial charge in [-0.05, 0) is 39.2 Å². The molecule has 1 atom stereocenters. The fourth-order valence-electron chi connectivity index (χ4n) is 3.28. The second-order valence-electron chi connectivity index (χ2n) is 7.08. The molecule has 1 aliphatic heterocycles. The van der Waals surface area contributed by atoms with Crippen LogP contribution in [0.1, 0.15) is 44.8 Å². The number of alkyl halides is 3. The Morgan fingerprint density at radius 2 is 2.04 bits per heavy atom. The van der Waals surface area contributed by atoms with Crippen molar-refractivity contribution in [3.63, 3.8) is 0 Å². The van der Waals surface area contributed by atoms with Crippen molar-refractivity contribution >= 4 is 11.6 Å². The summed E-state index contributed by atoms with van der Waals surface area (Å²) in [5, 5.41) is 7.46.